The molecule has 0 radical (unpaired) electrons. The number of carboxylic acids is 1. The van der Waals surface area contributed by atoms with Gasteiger partial charge in [0.25, 0.3) is 5.91 Å². The van der Waals surface area contributed by atoms with Gasteiger partial charge in [0.2, 0.25) is 11.9 Å². The number of nitrogens with zero attached hydrogens (tertiary/aromatic N) is 4. The maximum Gasteiger partial charge on any atom is 0.308 e. The Morgan fingerprint density at radius 3 is 2.65 bits per heavy atom. The lowest BCUT2D eigenvalue weighted by molar-refractivity contribution is -0.141. The predicted molar refractivity (Wildman–Crippen MR) is 136 cm³/mol. The molecule has 0 aliphatic carbocycles. The fraction of sp³-hybridized carbons (Fsp3) is 0.222. The third-order valence-electron chi connectivity index (χ3n) is 6.46. The van der Waals surface area contributed by atoms with E-state index in [9.17, 15) is 19.5 Å². The van der Waals surface area contributed by atoms with Gasteiger partial charge in [-0.3, -0.25) is 29.4 Å². The SMILES string of the molecule is O=C(Nc1nc(CCC(=O)N2CCC(C(=O)O)C2)cn1-c1ccccc1)c1cccc(-c2cn[nH]c2)c1. The summed E-state index contributed by atoms with van der Waals surface area (Å²) in [5.41, 5.74) is 3.67. The van der Waals surface area contributed by atoms with Gasteiger partial charge in [-0.1, -0.05) is 30.3 Å². The number of carbonyl (C=O) groups excluding carboxylic acids is 2. The smallest absolute Gasteiger partial charge is 0.308 e. The van der Waals surface area contributed by atoms with E-state index in [2.05, 4.69) is 20.5 Å². The van der Waals surface area contributed by atoms with Crippen LogP contribution in [-0.4, -0.2) is 60.6 Å². The summed E-state index contributed by atoms with van der Waals surface area (Å²) in [7, 11) is 0. The number of hydrogen-bond acceptors (Lipinski definition) is 5. The molecule has 3 heterocycles. The lowest BCUT2D eigenvalue weighted by atomic mass is 10.1. The molecule has 10 heteroatoms. The van der Waals surface area contributed by atoms with Gasteiger partial charge in [-0.2, -0.15) is 5.10 Å². The lowest BCUT2D eigenvalue weighted by Gasteiger charge is -2.15. The average molecular weight is 499 g/mol. The molecule has 5 rings (SSSR count). The highest BCUT2D eigenvalue weighted by Crippen LogP contribution is 2.22. The van der Waals surface area contributed by atoms with Gasteiger partial charge in [-0.25, -0.2) is 4.98 Å². The Labute approximate surface area is 213 Å². The van der Waals surface area contributed by atoms with Crippen molar-refractivity contribution in [1.29, 1.82) is 0 Å². The number of likely N-dealkylation sites (tertiary alicyclic amines) is 1. The topological polar surface area (TPSA) is 133 Å². The highest BCUT2D eigenvalue weighted by molar-refractivity contribution is 6.04. The van der Waals surface area contributed by atoms with Crippen LogP contribution in [0.2, 0.25) is 0 Å². The first-order valence-corrected chi connectivity index (χ1v) is 12.0. The van der Waals surface area contributed by atoms with Crippen LogP contribution < -0.4 is 5.32 Å². The molecule has 1 fully saturated rings. The Morgan fingerprint density at radius 1 is 1.08 bits per heavy atom. The number of aromatic nitrogens is 4. The molecule has 1 saturated heterocycles. The zero-order valence-electron chi connectivity index (χ0n) is 20.0. The van der Waals surface area contributed by atoms with E-state index in [1.807, 2.05) is 48.7 Å². The number of carboxylic acid groups (broad SMARTS) is 1. The molecule has 3 N–H and O–H groups in total. The molecule has 1 atom stereocenters. The average Bonchev–Trinajstić information content (AvgIpc) is 3.69. The summed E-state index contributed by atoms with van der Waals surface area (Å²) in [4.78, 5) is 43.2. The summed E-state index contributed by atoms with van der Waals surface area (Å²) in [6.45, 7) is 0.694. The second-order valence-corrected chi connectivity index (χ2v) is 8.95. The maximum absolute atomic E-state index is 13.2. The molecule has 1 unspecified atom stereocenters. The van der Waals surface area contributed by atoms with Crippen LogP contribution in [-0.2, 0) is 16.0 Å². The van der Waals surface area contributed by atoms with Gasteiger partial charge in [0.15, 0.2) is 0 Å². The van der Waals surface area contributed by atoms with E-state index in [1.54, 1.807) is 34.0 Å². The van der Waals surface area contributed by atoms with Crippen LogP contribution in [0.15, 0.2) is 73.2 Å². The zero-order valence-corrected chi connectivity index (χ0v) is 20.0. The molecule has 0 saturated carbocycles. The highest BCUT2D eigenvalue weighted by Gasteiger charge is 2.30. The number of imidazole rings is 1. The second-order valence-electron chi connectivity index (χ2n) is 8.95. The first-order chi connectivity index (χ1) is 18.0. The minimum Gasteiger partial charge on any atom is -0.481 e. The van der Waals surface area contributed by atoms with Gasteiger partial charge >= 0.3 is 5.97 Å². The van der Waals surface area contributed by atoms with E-state index < -0.39 is 11.9 Å². The standard InChI is InChI=1S/C27H26N6O4/c34-24(32-12-11-20(16-32)26(36)37)10-9-22-17-33(23-7-2-1-3-8-23)27(30-22)31-25(35)19-6-4-5-18(13-19)21-14-28-29-15-21/h1-8,13-15,17,20H,9-12,16H2,(H,28,29)(H,36,37)(H,30,31,35). The fourth-order valence-corrected chi connectivity index (χ4v) is 4.43. The molecule has 188 valence electrons. The third-order valence-corrected chi connectivity index (χ3v) is 6.46. The number of rotatable bonds is 8. The fourth-order valence-electron chi connectivity index (χ4n) is 4.43. The number of benzene rings is 2. The molecule has 2 aromatic heterocycles. The number of para-hydroxylation sites is 1. The number of hydrogen-bond donors (Lipinski definition) is 3. The normalized spacial score (nSPS) is 15.0. The Morgan fingerprint density at radius 2 is 1.92 bits per heavy atom. The number of amides is 2. The molecule has 0 spiro atoms. The Bertz CT molecular complexity index is 1410. The molecule has 37 heavy (non-hydrogen) atoms. The van der Waals surface area contributed by atoms with Crippen LogP contribution in [0.1, 0.15) is 28.9 Å². The summed E-state index contributed by atoms with van der Waals surface area (Å²) >= 11 is 0. The molecular formula is C27H26N6O4. The van der Waals surface area contributed by atoms with Crippen molar-refractivity contribution in [3.8, 4) is 16.8 Å². The van der Waals surface area contributed by atoms with E-state index in [4.69, 9.17) is 0 Å². The number of nitrogens with one attached hydrogen (secondary N) is 2. The van der Waals surface area contributed by atoms with Crippen molar-refractivity contribution in [2.24, 2.45) is 5.92 Å². The number of aryl methyl sites for hydroxylation is 1. The number of carbonyl (C=O) groups is 3. The summed E-state index contributed by atoms with van der Waals surface area (Å²) in [5.74, 6) is -1.44. The van der Waals surface area contributed by atoms with Gasteiger partial charge in [0.05, 0.1) is 17.8 Å². The summed E-state index contributed by atoms with van der Waals surface area (Å²) < 4.78 is 1.79. The van der Waals surface area contributed by atoms with Crippen molar-refractivity contribution >= 4 is 23.7 Å². The second kappa shape index (κ2) is 10.5. The van der Waals surface area contributed by atoms with Crippen molar-refractivity contribution in [2.45, 2.75) is 19.3 Å². The lowest BCUT2D eigenvalue weighted by Crippen LogP contribution is -2.30. The van der Waals surface area contributed by atoms with Crippen LogP contribution in [0.3, 0.4) is 0 Å². The first-order valence-electron chi connectivity index (χ1n) is 12.0. The quantitative estimate of drug-likeness (QED) is 0.341. The van der Waals surface area contributed by atoms with Crippen molar-refractivity contribution < 1.29 is 19.5 Å². The van der Waals surface area contributed by atoms with Crippen LogP contribution in [0.25, 0.3) is 16.8 Å². The van der Waals surface area contributed by atoms with E-state index in [0.29, 0.717) is 36.6 Å². The van der Waals surface area contributed by atoms with E-state index in [-0.39, 0.29) is 24.8 Å². The van der Waals surface area contributed by atoms with Crippen molar-refractivity contribution in [3.05, 3.63) is 84.4 Å². The van der Waals surface area contributed by atoms with E-state index in [0.717, 1.165) is 16.8 Å². The minimum atomic E-state index is -0.868. The number of H-pyrrole nitrogens is 1. The predicted octanol–water partition coefficient (Wildman–Crippen LogP) is 3.38. The minimum absolute atomic E-state index is 0.0975. The van der Waals surface area contributed by atoms with Crippen molar-refractivity contribution in [1.82, 2.24) is 24.6 Å². The molecule has 1 aliphatic heterocycles. The molecule has 0 bridgehead atoms. The number of anilines is 1. The monoisotopic (exact) mass is 498 g/mol. The van der Waals surface area contributed by atoms with E-state index >= 15 is 0 Å². The Hall–Kier alpha value is -4.73. The van der Waals surface area contributed by atoms with Crippen molar-refractivity contribution in [2.75, 3.05) is 18.4 Å². The maximum atomic E-state index is 13.2. The van der Waals surface area contributed by atoms with Gasteiger partial charge in [-0.05, 0) is 36.2 Å². The van der Waals surface area contributed by atoms with Crippen LogP contribution in [0, 0.1) is 5.92 Å². The van der Waals surface area contributed by atoms with Gasteiger partial charge in [0.1, 0.15) is 0 Å². The van der Waals surface area contributed by atoms with Crippen LogP contribution in [0.4, 0.5) is 5.95 Å². The molecule has 4 aromatic rings. The Kier molecular flexibility index (Phi) is 6.80. The van der Waals surface area contributed by atoms with Gasteiger partial charge in [-0.15, -0.1) is 0 Å². The molecule has 2 amide bonds. The molecule has 10 nitrogen and oxygen atoms in total. The molecular weight excluding hydrogens is 472 g/mol. The zero-order chi connectivity index (χ0) is 25.8. The van der Waals surface area contributed by atoms with Crippen LogP contribution >= 0.6 is 0 Å². The van der Waals surface area contributed by atoms with Crippen LogP contribution in [0.5, 0.6) is 0 Å². The van der Waals surface area contributed by atoms with Gasteiger partial charge < -0.3 is 10.0 Å². The number of aliphatic carboxylic acids is 1. The summed E-state index contributed by atoms with van der Waals surface area (Å²) in [6, 6.07) is 16.7. The van der Waals surface area contributed by atoms with Crippen molar-refractivity contribution in [3.63, 3.8) is 0 Å². The highest BCUT2D eigenvalue weighted by atomic mass is 16.4. The summed E-state index contributed by atoms with van der Waals surface area (Å²) in [5, 5.41) is 18.8. The molecule has 1 aliphatic rings. The largest absolute Gasteiger partial charge is 0.481 e. The van der Waals surface area contributed by atoms with Gasteiger partial charge in [0, 0.05) is 55.1 Å². The summed E-state index contributed by atoms with van der Waals surface area (Å²) in [6.07, 6.45) is 6.31. The van der Waals surface area contributed by atoms with E-state index in [1.165, 1.54) is 0 Å². The first kappa shape index (κ1) is 24.0. The third kappa shape index (κ3) is 5.43. The number of aromatic amines is 1. The Balaban J connectivity index is 1.33. The molecule has 2 aromatic carbocycles.